The maximum Gasteiger partial charge on any atom is 0.338 e. The summed E-state index contributed by atoms with van der Waals surface area (Å²) in [6.45, 7) is 6.75. The van der Waals surface area contributed by atoms with E-state index in [1.165, 1.54) is 0 Å². The number of anilines is 1. The van der Waals surface area contributed by atoms with Gasteiger partial charge in [0.1, 0.15) is 11.5 Å². The Morgan fingerprint density at radius 1 is 1.00 bits per heavy atom. The minimum Gasteiger partial charge on any atom is -0.494 e. The van der Waals surface area contributed by atoms with Crippen LogP contribution in [0.4, 0.5) is 5.69 Å². The van der Waals surface area contributed by atoms with Gasteiger partial charge in [-0.15, -0.1) is 0 Å². The summed E-state index contributed by atoms with van der Waals surface area (Å²) in [5, 5.41) is 2.67. The average Bonchev–Trinajstić information content (AvgIpc) is 2.66. The lowest BCUT2D eigenvalue weighted by Gasteiger charge is -2.10. The zero-order valence-corrected chi connectivity index (χ0v) is 15.9. The van der Waals surface area contributed by atoms with E-state index in [0.717, 1.165) is 5.75 Å². The molecule has 0 aromatic heterocycles. The smallest absolute Gasteiger partial charge is 0.338 e. The highest BCUT2D eigenvalue weighted by Gasteiger charge is 2.11. The fourth-order valence-corrected chi connectivity index (χ4v) is 2.19. The molecule has 0 unspecified atom stereocenters. The maximum absolute atomic E-state index is 12.1. The molecule has 27 heavy (non-hydrogen) atoms. The molecule has 0 heterocycles. The third-order valence-electron chi connectivity index (χ3n) is 3.44. The monoisotopic (exact) mass is 371 g/mol. The number of carbonyl (C=O) groups is 2. The highest BCUT2D eigenvalue weighted by Crippen LogP contribution is 2.16. The Labute approximate surface area is 159 Å². The van der Waals surface area contributed by atoms with Gasteiger partial charge in [0.25, 0.3) is 5.91 Å². The quantitative estimate of drug-likeness (QED) is 0.677. The first kappa shape index (κ1) is 20.3. The van der Waals surface area contributed by atoms with Gasteiger partial charge in [0.05, 0.1) is 18.8 Å². The zero-order chi connectivity index (χ0) is 19.6. The number of rotatable bonds is 9. The largest absolute Gasteiger partial charge is 0.494 e. The van der Waals surface area contributed by atoms with Crippen LogP contribution in [0.3, 0.4) is 0 Å². The summed E-state index contributed by atoms with van der Waals surface area (Å²) < 4.78 is 16.0. The Kier molecular flexibility index (Phi) is 7.67. The van der Waals surface area contributed by atoms with E-state index in [9.17, 15) is 9.59 Å². The molecule has 0 saturated carbocycles. The number of amides is 1. The minimum atomic E-state index is -0.577. The SMILES string of the molecule is CCOc1ccc(NC(=O)COC(=O)c2cccc(OCC(C)C)c2)cc1. The van der Waals surface area contributed by atoms with Gasteiger partial charge in [-0.2, -0.15) is 0 Å². The van der Waals surface area contributed by atoms with Crippen LogP contribution in [0.5, 0.6) is 11.5 Å². The fraction of sp³-hybridized carbons (Fsp3) is 0.333. The van der Waals surface area contributed by atoms with Crippen molar-refractivity contribution in [1.82, 2.24) is 0 Å². The number of carbonyl (C=O) groups excluding carboxylic acids is 2. The Balaban J connectivity index is 1.83. The number of hydrogen-bond donors (Lipinski definition) is 1. The molecule has 0 aliphatic heterocycles. The molecule has 2 aromatic rings. The molecular weight excluding hydrogens is 346 g/mol. The topological polar surface area (TPSA) is 73.9 Å². The summed E-state index contributed by atoms with van der Waals surface area (Å²) in [6.07, 6.45) is 0. The van der Waals surface area contributed by atoms with Gasteiger partial charge in [-0.1, -0.05) is 19.9 Å². The first-order valence-corrected chi connectivity index (χ1v) is 8.90. The third kappa shape index (κ3) is 7.01. The van der Waals surface area contributed by atoms with Crippen LogP contribution in [-0.2, 0) is 9.53 Å². The van der Waals surface area contributed by atoms with Crippen LogP contribution < -0.4 is 14.8 Å². The van der Waals surface area contributed by atoms with E-state index in [1.807, 2.05) is 20.8 Å². The molecular formula is C21H25NO5. The van der Waals surface area contributed by atoms with E-state index in [1.54, 1.807) is 48.5 Å². The molecule has 0 spiro atoms. The molecule has 0 atom stereocenters. The van der Waals surface area contributed by atoms with E-state index in [-0.39, 0.29) is 6.61 Å². The molecule has 2 rings (SSSR count). The highest BCUT2D eigenvalue weighted by atomic mass is 16.5. The molecule has 1 amide bonds. The molecule has 0 bridgehead atoms. The van der Waals surface area contributed by atoms with Gasteiger partial charge in [0.2, 0.25) is 0 Å². The summed E-state index contributed by atoms with van der Waals surface area (Å²) in [5.74, 6) is 0.706. The van der Waals surface area contributed by atoms with Crippen molar-refractivity contribution < 1.29 is 23.8 Å². The summed E-state index contributed by atoms with van der Waals surface area (Å²) >= 11 is 0. The predicted molar refractivity (Wildman–Crippen MR) is 103 cm³/mol. The minimum absolute atomic E-state index is 0.338. The van der Waals surface area contributed by atoms with Gasteiger partial charge in [0.15, 0.2) is 6.61 Å². The zero-order valence-electron chi connectivity index (χ0n) is 15.9. The predicted octanol–water partition coefficient (Wildman–Crippen LogP) is 3.92. The molecule has 0 fully saturated rings. The van der Waals surface area contributed by atoms with Crippen LogP contribution in [0.1, 0.15) is 31.1 Å². The second-order valence-electron chi connectivity index (χ2n) is 6.31. The van der Waals surface area contributed by atoms with E-state index in [0.29, 0.717) is 36.1 Å². The van der Waals surface area contributed by atoms with Gasteiger partial charge in [-0.3, -0.25) is 4.79 Å². The Morgan fingerprint density at radius 2 is 1.74 bits per heavy atom. The summed E-state index contributed by atoms with van der Waals surface area (Å²) in [4.78, 5) is 24.1. The first-order chi connectivity index (χ1) is 13.0. The molecule has 0 saturated heterocycles. The van der Waals surface area contributed by atoms with Crippen LogP contribution in [0.2, 0.25) is 0 Å². The Hall–Kier alpha value is -3.02. The number of benzene rings is 2. The van der Waals surface area contributed by atoms with Crippen molar-refractivity contribution >= 4 is 17.6 Å². The molecule has 144 valence electrons. The molecule has 0 aliphatic carbocycles. The fourth-order valence-electron chi connectivity index (χ4n) is 2.19. The van der Waals surface area contributed by atoms with Gasteiger partial charge in [-0.05, 0) is 55.3 Å². The normalized spacial score (nSPS) is 10.4. The maximum atomic E-state index is 12.1. The van der Waals surface area contributed by atoms with Gasteiger partial charge < -0.3 is 19.5 Å². The number of nitrogens with one attached hydrogen (secondary N) is 1. The molecule has 0 radical (unpaired) electrons. The lowest BCUT2D eigenvalue weighted by Crippen LogP contribution is -2.21. The molecule has 6 heteroatoms. The molecule has 6 nitrogen and oxygen atoms in total. The van der Waals surface area contributed by atoms with Crippen LogP contribution >= 0.6 is 0 Å². The van der Waals surface area contributed by atoms with Gasteiger partial charge in [0, 0.05) is 5.69 Å². The van der Waals surface area contributed by atoms with Crippen molar-refractivity contribution in [2.75, 3.05) is 25.1 Å². The van der Waals surface area contributed by atoms with Crippen LogP contribution in [-0.4, -0.2) is 31.7 Å². The van der Waals surface area contributed by atoms with Crippen LogP contribution in [0, 0.1) is 5.92 Å². The van der Waals surface area contributed by atoms with Crippen molar-refractivity contribution in [3.05, 3.63) is 54.1 Å². The number of ether oxygens (including phenoxy) is 3. The van der Waals surface area contributed by atoms with Crippen molar-refractivity contribution in [2.24, 2.45) is 5.92 Å². The number of esters is 1. The summed E-state index contributed by atoms with van der Waals surface area (Å²) in [5.41, 5.74) is 0.939. The van der Waals surface area contributed by atoms with Gasteiger partial charge in [-0.25, -0.2) is 4.79 Å². The van der Waals surface area contributed by atoms with Crippen molar-refractivity contribution in [2.45, 2.75) is 20.8 Å². The van der Waals surface area contributed by atoms with Crippen LogP contribution in [0.15, 0.2) is 48.5 Å². The van der Waals surface area contributed by atoms with E-state index in [2.05, 4.69) is 5.32 Å². The second kappa shape index (κ2) is 10.2. The van der Waals surface area contributed by atoms with E-state index < -0.39 is 11.9 Å². The summed E-state index contributed by atoms with van der Waals surface area (Å²) in [7, 11) is 0. The van der Waals surface area contributed by atoms with Crippen LogP contribution in [0.25, 0.3) is 0 Å². The Morgan fingerprint density at radius 3 is 2.41 bits per heavy atom. The van der Waals surface area contributed by atoms with Crippen molar-refractivity contribution in [3.8, 4) is 11.5 Å². The van der Waals surface area contributed by atoms with Crippen molar-refractivity contribution in [3.63, 3.8) is 0 Å². The van der Waals surface area contributed by atoms with E-state index in [4.69, 9.17) is 14.2 Å². The Bertz CT molecular complexity index is 755. The highest BCUT2D eigenvalue weighted by molar-refractivity contribution is 5.95. The average molecular weight is 371 g/mol. The first-order valence-electron chi connectivity index (χ1n) is 8.90. The molecule has 2 aromatic carbocycles. The third-order valence-corrected chi connectivity index (χ3v) is 3.44. The number of hydrogen-bond acceptors (Lipinski definition) is 5. The van der Waals surface area contributed by atoms with Gasteiger partial charge >= 0.3 is 5.97 Å². The van der Waals surface area contributed by atoms with E-state index >= 15 is 0 Å². The van der Waals surface area contributed by atoms with Crippen molar-refractivity contribution in [1.29, 1.82) is 0 Å². The lowest BCUT2D eigenvalue weighted by molar-refractivity contribution is -0.119. The lowest BCUT2D eigenvalue weighted by atomic mass is 10.2. The molecule has 1 N–H and O–H groups in total. The second-order valence-corrected chi connectivity index (χ2v) is 6.31. The molecule has 0 aliphatic rings. The standard InChI is InChI=1S/C21H25NO5/c1-4-25-18-10-8-17(9-11-18)22-20(23)14-27-21(24)16-6-5-7-19(12-16)26-13-15(2)3/h5-12,15H,4,13-14H2,1-3H3,(H,22,23). The summed E-state index contributed by atoms with van der Waals surface area (Å²) in [6, 6.07) is 13.7.